The molecule has 0 bridgehead atoms. The van der Waals surface area contributed by atoms with Gasteiger partial charge in [0.15, 0.2) is 0 Å². The quantitative estimate of drug-likeness (QED) is 0.893. The Bertz CT molecular complexity index is 392. The molecule has 1 aliphatic heterocycles. The molecular formula is C13H20ClN3. The number of nitrogens with zero attached hydrogens (tertiary/aromatic N) is 2. The molecule has 1 N–H and O–H groups in total. The summed E-state index contributed by atoms with van der Waals surface area (Å²) in [5.41, 5.74) is 2.20. The van der Waals surface area contributed by atoms with Crippen molar-refractivity contribution in [2.24, 2.45) is 0 Å². The summed E-state index contributed by atoms with van der Waals surface area (Å²) in [5, 5.41) is 4.39. The molecule has 94 valence electrons. The van der Waals surface area contributed by atoms with Gasteiger partial charge in [-0.15, -0.1) is 0 Å². The molecule has 0 aliphatic carbocycles. The molecule has 1 unspecified atom stereocenters. The molecule has 0 saturated carbocycles. The molecule has 0 radical (unpaired) electrons. The summed E-state index contributed by atoms with van der Waals surface area (Å²) in [6.07, 6.45) is 1.19. The number of anilines is 2. The maximum Gasteiger partial charge on any atom is 0.0786 e. The topological polar surface area (TPSA) is 18.5 Å². The standard InChI is InChI=1S/C13H20ClN3/c1-16(2)13-11(14)5-4-6-12(13)15-10-7-8-17(3)9-10/h4-6,10,15H,7-9H2,1-3H3. The van der Waals surface area contributed by atoms with Crippen molar-refractivity contribution in [3.05, 3.63) is 23.2 Å². The van der Waals surface area contributed by atoms with E-state index in [-0.39, 0.29) is 0 Å². The van der Waals surface area contributed by atoms with Crippen LogP contribution in [0.25, 0.3) is 0 Å². The van der Waals surface area contributed by atoms with Gasteiger partial charge < -0.3 is 15.1 Å². The highest BCUT2D eigenvalue weighted by molar-refractivity contribution is 6.34. The molecule has 2 rings (SSSR count). The molecule has 1 aromatic rings. The highest BCUT2D eigenvalue weighted by Gasteiger charge is 2.20. The van der Waals surface area contributed by atoms with Crippen LogP contribution in [0.5, 0.6) is 0 Å². The Morgan fingerprint density at radius 1 is 1.41 bits per heavy atom. The predicted molar refractivity (Wildman–Crippen MR) is 75.3 cm³/mol. The maximum atomic E-state index is 6.25. The number of hydrogen-bond acceptors (Lipinski definition) is 3. The highest BCUT2D eigenvalue weighted by atomic mass is 35.5. The smallest absolute Gasteiger partial charge is 0.0786 e. The van der Waals surface area contributed by atoms with Gasteiger partial charge in [0.05, 0.1) is 16.4 Å². The largest absolute Gasteiger partial charge is 0.379 e. The summed E-state index contributed by atoms with van der Waals surface area (Å²) >= 11 is 6.25. The summed E-state index contributed by atoms with van der Waals surface area (Å²) in [4.78, 5) is 4.40. The Hall–Kier alpha value is -0.930. The van der Waals surface area contributed by atoms with Gasteiger partial charge in [-0.1, -0.05) is 17.7 Å². The van der Waals surface area contributed by atoms with Crippen LogP contribution in [0.2, 0.25) is 5.02 Å². The van der Waals surface area contributed by atoms with Crippen LogP contribution >= 0.6 is 11.6 Å². The fourth-order valence-corrected chi connectivity index (χ4v) is 2.70. The Morgan fingerprint density at radius 2 is 2.18 bits per heavy atom. The minimum atomic E-state index is 0.525. The molecule has 3 nitrogen and oxygen atoms in total. The summed E-state index contributed by atoms with van der Waals surface area (Å²) in [6.45, 7) is 2.26. The zero-order valence-electron chi connectivity index (χ0n) is 10.7. The zero-order valence-corrected chi connectivity index (χ0v) is 11.5. The summed E-state index contributed by atoms with van der Waals surface area (Å²) < 4.78 is 0. The van der Waals surface area contributed by atoms with Crippen LogP contribution in [0.4, 0.5) is 11.4 Å². The monoisotopic (exact) mass is 253 g/mol. The van der Waals surface area contributed by atoms with E-state index in [0.29, 0.717) is 6.04 Å². The molecule has 0 amide bonds. The lowest BCUT2D eigenvalue weighted by molar-refractivity contribution is 0.414. The van der Waals surface area contributed by atoms with E-state index in [2.05, 4.69) is 28.2 Å². The number of halogens is 1. The summed E-state index contributed by atoms with van der Waals surface area (Å²) in [6, 6.07) is 6.55. The van der Waals surface area contributed by atoms with E-state index in [1.54, 1.807) is 0 Å². The van der Waals surface area contributed by atoms with Crippen LogP contribution in [-0.2, 0) is 0 Å². The van der Waals surface area contributed by atoms with Gasteiger partial charge >= 0.3 is 0 Å². The van der Waals surface area contributed by atoms with E-state index in [1.165, 1.54) is 6.42 Å². The van der Waals surface area contributed by atoms with Gasteiger partial charge in [-0.3, -0.25) is 0 Å². The first kappa shape index (κ1) is 12.5. The molecule has 0 aromatic heterocycles. The van der Waals surface area contributed by atoms with Gasteiger partial charge in [-0.2, -0.15) is 0 Å². The number of benzene rings is 1. The Labute approximate surface area is 108 Å². The van der Waals surface area contributed by atoms with Gasteiger partial charge in [-0.05, 0) is 32.1 Å². The van der Waals surface area contributed by atoms with Gasteiger partial charge in [0.2, 0.25) is 0 Å². The molecule has 1 aliphatic rings. The van der Waals surface area contributed by atoms with Crippen molar-refractivity contribution in [1.82, 2.24) is 4.90 Å². The van der Waals surface area contributed by atoms with Crippen molar-refractivity contribution in [2.75, 3.05) is 44.4 Å². The number of rotatable bonds is 3. The van der Waals surface area contributed by atoms with Crippen LogP contribution in [0.1, 0.15) is 6.42 Å². The SMILES string of the molecule is CN1CCC(Nc2cccc(Cl)c2N(C)C)C1. The van der Waals surface area contributed by atoms with E-state index in [1.807, 2.05) is 26.2 Å². The molecule has 1 heterocycles. The molecule has 0 spiro atoms. The van der Waals surface area contributed by atoms with Gasteiger partial charge in [0, 0.05) is 26.7 Å². The lowest BCUT2D eigenvalue weighted by Crippen LogP contribution is -2.24. The Morgan fingerprint density at radius 3 is 2.76 bits per heavy atom. The van der Waals surface area contributed by atoms with Crippen LogP contribution in [0.3, 0.4) is 0 Å². The molecular weight excluding hydrogens is 234 g/mol. The van der Waals surface area contributed by atoms with E-state index >= 15 is 0 Å². The summed E-state index contributed by atoms with van der Waals surface area (Å²) in [7, 11) is 6.20. The van der Waals surface area contributed by atoms with Crippen LogP contribution < -0.4 is 10.2 Å². The number of nitrogens with one attached hydrogen (secondary N) is 1. The zero-order chi connectivity index (χ0) is 12.4. The van der Waals surface area contributed by atoms with E-state index in [9.17, 15) is 0 Å². The van der Waals surface area contributed by atoms with Crippen LogP contribution in [-0.4, -0.2) is 45.2 Å². The molecule has 4 heteroatoms. The van der Waals surface area contributed by atoms with E-state index in [0.717, 1.165) is 29.5 Å². The second-order valence-electron chi connectivity index (χ2n) is 4.92. The number of likely N-dealkylation sites (tertiary alicyclic amines) is 1. The number of likely N-dealkylation sites (N-methyl/N-ethyl adjacent to an activating group) is 1. The normalized spacial score (nSPS) is 20.6. The third kappa shape index (κ3) is 2.85. The van der Waals surface area contributed by atoms with Crippen molar-refractivity contribution < 1.29 is 0 Å². The summed E-state index contributed by atoms with van der Waals surface area (Å²) in [5.74, 6) is 0. The first-order valence-corrected chi connectivity index (χ1v) is 6.36. The fourth-order valence-electron chi connectivity index (χ4n) is 2.36. The van der Waals surface area contributed by atoms with Crippen molar-refractivity contribution in [1.29, 1.82) is 0 Å². The van der Waals surface area contributed by atoms with E-state index in [4.69, 9.17) is 11.6 Å². The van der Waals surface area contributed by atoms with Gasteiger partial charge in [-0.25, -0.2) is 0 Å². The minimum Gasteiger partial charge on any atom is -0.379 e. The molecule has 1 fully saturated rings. The van der Waals surface area contributed by atoms with Gasteiger partial charge in [0.1, 0.15) is 0 Å². The second-order valence-corrected chi connectivity index (χ2v) is 5.33. The van der Waals surface area contributed by atoms with Crippen LogP contribution in [0, 0.1) is 0 Å². The van der Waals surface area contributed by atoms with Crippen molar-refractivity contribution in [3.8, 4) is 0 Å². The third-order valence-electron chi connectivity index (χ3n) is 3.18. The molecule has 1 aromatic carbocycles. The lowest BCUT2D eigenvalue weighted by atomic mass is 10.2. The first-order chi connectivity index (χ1) is 8.08. The number of para-hydroxylation sites is 1. The molecule has 1 saturated heterocycles. The van der Waals surface area contributed by atoms with Crippen molar-refractivity contribution in [3.63, 3.8) is 0 Å². The van der Waals surface area contributed by atoms with Crippen molar-refractivity contribution in [2.45, 2.75) is 12.5 Å². The first-order valence-electron chi connectivity index (χ1n) is 5.99. The minimum absolute atomic E-state index is 0.525. The fraction of sp³-hybridized carbons (Fsp3) is 0.538. The average molecular weight is 254 g/mol. The Kier molecular flexibility index (Phi) is 3.79. The lowest BCUT2D eigenvalue weighted by Gasteiger charge is -2.22. The Balaban J connectivity index is 2.17. The third-order valence-corrected chi connectivity index (χ3v) is 3.49. The van der Waals surface area contributed by atoms with Crippen molar-refractivity contribution >= 4 is 23.0 Å². The van der Waals surface area contributed by atoms with Gasteiger partial charge in [0.25, 0.3) is 0 Å². The van der Waals surface area contributed by atoms with Crippen LogP contribution in [0.15, 0.2) is 18.2 Å². The molecule has 1 atom stereocenters. The highest BCUT2D eigenvalue weighted by Crippen LogP contribution is 2.33. The number of hydrogen-bond donors (Lipinski definition) is 1. The predicted octanol–water partition coefficient (Wildman–Crippen LogP) is 2.52. The average Bonchev–Trinajstić information content (AvgIpc) is 2.63. The second kappa shape index (κ2) is 5.15. The maximum absolute atomic E-state index is 6.25. The molecule has 17 heavy (non-hydrogen) atoms. The van der Waals surface area contributed by atoms with E-state index < -0.39 is 0 Å².